The van der Waals surface area contributed by atoms with Crippen molar-refractivity contribution >= 4 is 22.7 Å². The third-order valence-corrected chi connectivity index (χ3v) is 4.40. The van der Waals surface area contributed by atoms with E-state index < -0.39 is 0 Å². The van der Waals surface area contributed by atoms with Crippen molar-refractivity contribution in [1.82, 2.24) is 19.6 Å². The van der Waals surface area contributed by atoms with Crippen LogP contribution < -0.4 is 9.60 Å². The standard InChI is InChI=1S/C8H10N8O2S2/c1-15-7(9-13-17)19-5(11-15)3-4-6-12-16(2)8(20-6)10-14-18/h3-4H2,1-2H3/b9-7-,10-8+. The third-order valence-electron chi connectivity index (χ3n) is 2.30. The molecule has 0 aliphatic carbocycles. The van der Waals surface area contributed by atoms with Crippen LogP contribution in [-0.4, -0.2) is 19.6 Å². The van der Waals surface area contributed by atoms with Gasteiger partial charge in [0.05, 0.1) is 10.6 Å². The molecule has 0 aliphatic heterocycles. The van der Waals surface area contributed by atoms with Crippen molar-refractivity contribution in [2.75, 3.05) is 0 Å². The molecular formula is C8H10N8O2S2. The van der Waals surface area contributed by atoms with Crippen LogP contribution in [0.5, 0.6) is 0 Å². The zero-order chi connectivity index (χ0) is 14.5. The lowest BCUT2D eigenvalue weighted by molar-refractivity contribution is 0.684. The minimum Gasteiger partial charge on any atom is -0.240 e. The molecule has 20 heavy (non-hydrogen) atoms. The van der Waals surface area contributed by atoms with E-state index in [0.717, 1.165) is 10.0 Å². The molecule has 0 radical (unpaired) electrons. The first-order valence-electron chi connectivity index (χ1n) is 5.42. The molecule has 0 saturated carbocycles. The summed E-state index contributed by atoms with van der Waals surface area (Å²) in [5.74, 6) is 0. The molecule has 0 fully saturated rings. The van der Waals surface area contributed by atoms with Gasteiger partial charge in [-0.25, -0.2) is 9.36 Å². The van der Waals surface area contributed by atoms with E-state index in [4.69, 9.17) is 0 Å². The Labute approximate surface area is 120 Å². The van der Waals surface area contributed by atoms with Gasteiger partial charge >= 0.3 is 0 Å². The van der Waals surface area contributed by atoms with Crippen molar-refractivity contribution < 1.29 is 0 Å². The van der Waals surface area contributed by atoms with E-state index >= 15 is 0 Å². The molecule has 0 amide bonds. The van der Waals surface area contributed by atoms with E-state index in [-0.39, 0.29) is 0 Å². The van der Waals surface area contributed by atoms with E-state index in [1.165, 1.54) is 32.0 Å². The monoisotopic (exact) mass is 314 g/mol. The predicted molar refractivity (Wildman–Crippen MR) is 72.3 cm³/mol. The SMILES string of the molecule is Cn1nc(CCc2nn(C)/c(=N\N=O)s2)s/c1=N\N=O. The predicted octanol–water partition coefficient (Wildman–Crippen LogP) is 0.226. The zero-order valence-corrected chi connectivity index (χ0v) is 12.3. The smallest absolute Gasteiger partial charge is 0.231 e. The second kappa shape index (κ2) is 6.38. The van der Waals surface area contributed by atoms with Crippen molar-refractivity contribution in [3.05, 3.63) is 29.4 Å². The van der Waals surface area contributed by atoms with E-state index in [1.807, 2.05) is 0 Å². The minimum atomic E-state index is 0.445. The summed E-state index contributed by atoms with van der Waals surface area (Å²) in [7, 11) is 3.39. The molecule has 2 heterocycles. The van der Waals surface area contributed by atoms with Crippen molar-refractivity contribution in [1.29, 1.82) is 0 Å². The summed E-state index contributed by atoms with van der Waals surface area (Å²) < 4.78 is 3.00. The van der Waals surface area contributed by atoms with Crippen LogP contribution >= 0.6 is 22.7 Å². The van der Waals surface area contributed by atoms with Crippen LogP contribution in [0.25, 0.3) is 0 Å². The summed E-state index contributed by atoms with van der Waals surface area (Å²) in [6, 6.07) is 0. The molecule has 0 saturated heterocycles. The fourth-order valence-corrected chi connectivity index (χ4v) is 3.11. The van der Waals surface area contributed by atoms with Gasteiger partial charge in [0.25, 0.3) is 0 Å². The number of rotatable bonds is 5. The largest absolute Gasteiger partial charge is 0.240 e. The molecular weight excluding hydrogens is 304 g/mol. The van der Waals surface area contributed by atoms with Gasteiger partial charge in [-0.15, -0.1) is 9.81 Å². The van der Waals surface area contributed by atoms with Gasteiger partial charge in [-0.05, 0) is 0 Å². The Morgan fingerprint density at radius 3 is 1.65 bits per heavy atom. The second-order valence-electron chi connectivity index (χ2n) is 3.67. The van der Waals surface area contributed by atoms with Crippen LogP contribution in [0, 0.1) is 9.81 Å². The minimum absolute atomic E-state index is 0.445. The Kier molecular flexibility index (Phi) is 4.57. The number of aryl methyl sites for hydroxylation is 4. The van der Waals surface area contributed by atoms with Gasteiger partial charge in [-0.3, -0.25) is 0 Å². The van der Waals surface area contributed by atoms with Gasteiger partial charge in [0.15, 0.2) is 0 Å². The number of hydrogen-bond acceptors (Lipinski definition) is 8. The number of nitrogens with zero attached hydrogens (tertiary/aromatic N) is 8. The van der Waals surface area contributed by atoms with Crippen LogP contribution in [-0.2, 0) is 26.9 Å². The summed E-state index contributed by atoms with van der Waals surface area (Å²) in [6.45, 7) is 0. The topological polar surface area (TPSA) is 119 Å². The first kappa shape index (κ1) is 14.3. The summed E-state index contributed by atoms with van der Waals surface area (Å²) in [5, 5.41) is 22.0. The van der Waals surface area contributed by atoms with Crippen molar-refractivity contribution in [2.45, 2.75) is 12.8 Å². The molecule has 0 aromatic carbocycles. The van der Waals surface area contributed by atoms with Crippen molar-refractivity contribution in [3.8, 4) is 0 Å². The lowest BCUT2D eigenvalue weighted by Gasteiger charge is -1.91. The highest BCUT2D eigenvalue weighted by Crippen LogP contribution is 2.07. The summed E-state index contributed by atoms with van der Waals surface area (Å²) in [5.41, 5.74) is 0. The van der Waals surface area contributed by atoms with Crippen LogP contribution in [0.3, 0.4) is 0 Å². The van der Waals surface area contributed by atoms with Crippen LogP contribution in [0.1, 0.15) is 10.0 Å². The Morgan fingerprint density at radius 2 is 1.30 bits per heavy atom. The molecule has 0 aliphatic rings. The van der Waals surface area contributed by atoms with Gasteiger partial charge in [-0.2, -0.15) is 10.2 Å². The molecule has 2 aromatic heterocycles. The molecule has 2 aromatic rings. The maximum absolute atomic E-state index is 10.1. The number of nitroso groups, excluding NO2 is 2. The van der Waals surface area contributed by atoms with Gasteiger partial charge in [0.1, 0.15) is 10.0 Å². The van der Waals surface area contributed by atoms with Crippen molar-refractivity contribution in [3.63, 3.8) is 0 Å². The molecule has 0 spiro atoms. The molecule has 106 valence electrons. The first-order chi connectivity index (χ1) is 9.63. The average molecular weight is 314 g/mol. The van der Waals surface area contributed by atoms with Gasteiger partial charge in [0.2, 0.25) is 9.60 Å². The van der Waals surface area contributed by atoms with Gasteiger partial charge < -0.3 is 0 Å². The molecule has 2 rings (SSSR count). The zero-order valence-electron chi connectivity index (χ0n) is 10.6. The Bertz CT molecular complexity index is 687. The van der Waals surface area contributed by atoms with E-state index in [0.29, 0.717) is 22.4 Å². The molecule has 10 nitrogen and oxygen atoms in total. The van der Waals surface area contributed by atoms with Crippen molar-refractivity contribution in [2.24, 2.45) is 34.9 Å². The maximum atomic E-state index is 10.1. The summed E-state index contributed by atoms with van der Waals surface area (Å²) in [6.07, 6.45) is 1.29. The summed E-state index contributed by atoms with van der Waals surface area (Å²) >= 11 is 2.59. The highest BCUT2D eigenvalue weighted by molar-refractivity contribution is 7.09. The first-order valence-corrected chi connectivity index (χ1v) is 7.06. The van der Waals surface area contributed by atoms with Crippen LogP contribution in [0.4, 0.5) is 0 Å². The fourth-order valence-electron chi connectivity index (χ4n) is 1.46. The Morgan fingerprint density at radius 1 is 0.900 bits per heavy atom. The Balaban J connectivity index is 2.13. The lowest BCUT2D eigenvalue weighted by atomic mass is 10.3. The molecule has 0 atom stereocenters. The Hall–Kier alpha value is -2.08. The van der Waals surface area contributed by atoms with Gasteiger partial charge in [0, 0.05) is 26.9 Å². The average Bonchev–Trinajstić information content (AvgIpc) is 2.93. The third kappa shape index (κ3) is 3.27. The summed E-state index contributed by atoms with van der Waals surface area (Å²) in [4.78, 5) is 21.1. The highest BCUT2D eigenvalue weighted by atomic mass is 32.1. The van der Waals surface area contributed by atoms with Gasteiger partial charge in [-0.1, -0.05) is 32.9 Å². The highest BCUT2D eigenvalue weighted by Gasteiger charge is 2.06. The van der Waals surface area contributed by atoms with Crippen LogP contribution in [0.15, 0.2) is 20.8 Å². The fraction of sp³-hybridized carbons (Fsp3) is 0.500. The van der Waals surface area contributed by atoms with E-state index in [2.05, 4.69) is 31.0 Å². The van der Waals surface area contributed by atoms with E-state index in [1.54, 1.807) is 14.1 Å². The molecule has 0 bridgehead atoms. The lowest BCUT2D eigenvalue weighted by Crippen LogP contribution is -2.10. The molecule has 0 unspecified atom stereocenters. The van der Waals surface area contributed by atoms with Crippen LogP contribution in [0.2, 0.25) is 0 Å². The second-order valence-corrected chi connectivity index (χ2v) is 5.75. The number of aromatic nitrogens is 4. The van der Waals surface area contributed by atoms with E-state index in [9.17, 15) is 9.81 Å². The molecule has 12 heteroatoms. The molecule has 0 N–H and O–H groups in total. The quantitative estimate of drug-likeness (QED) is 0.579. The normalized spacial score (nSPS) is 12.9. The number of hydrogen-bond donors (Lipinski definition) is 0. The maximum Gasteiger partial charge on any atom is 0.231 e.